The van der Waals surface area contributed by atoms with Gasteiger partial charge in [0.05, 0.1) is 14.6 Å². The van der Waals surface area contributed by atoms with Crippen molar-refractivity contribution in [1.82, 2.24) is 5.32 Å². The number of amides is 5. The van der Waals surface area contributed by atoms with Crippen LogP contribution in [-0.2, 0) is 14.4 Å². The van der Waals surface area contributed by atoms with Gasteiger partial charge in [0, 0.05) is 5.02 Å². The number of rotatable bonds is 5. The lowest BCUT2D eigenvalue weighted by atomic mass is 10.1. The van der Waals surface area contributed by atoms with Gasteiger partial charge in [-0.3, -0.25) is 19.7 Å². The van der Waals surface area contributed by atoms with E-state index in [-0.39, 0.29) is 17.9 Å². The van der Waals surface area contributed by atoms with Crippen LogP contribution in [0, 0.1) is 6.92 Å². The maximum absolute atomic E-state index is 13.1. The van der Waals surface area contributed by atoms with Crippen molar-refractivity contribution in [2.75, 3.05) is 11.5 Å². The molecular formula is C20H14Br2ClN3O5. The zero-order valence-electron chi connectivity index (χ0n) is 15.9. The quantitative estimate of drug-likeness (QED) is 0.419. The first kappa shape index (κ1) is 23.0. The fourth-order valence-corrected chi connectivity index (χ4v) is 4.43. The monoisotopic (exact) mass is 569 g/mol. The number of carbonyl (C=O) groups is 4. The van der Waals surface area contributed by atoms with Gasteiger partial charge in [-0.15, -0.1) is 0 Å². The van der Waals surface area contributed by atoms with E-state index in [2.05, 4.69) is 37.2 Å². The molecule has 0 radical (unpaired) electrons. The minimum Gasteiger partial charge on any atom is -0.481 e. The number of barbiturate groups is 1. The van der Waals surface area contributed by atoms with Gasteiger partial charge < -0.3 is 10.5 Å². The van der Waals surface area contributed by atoms with Crippen LogP contribution in [0.25, 0.3) is 6.08 Å². The Bertz CT molecular complexity index is 1140. The number of halogens is 3. The van der Waals surface area contributed by atoms with Crippen molar-refractivity contribution < 1.29 is 23.9 Å². The maximum Gasteiger partial charge on any atom is 0.335 e. The highest BCUT2D eigenvalue weighted by molar-refractivity contribution is 9.11. The molecule has 1 aliphatic heterocycles. The molecule has 1 saturated heterocycles. The third-order valence-corrected chi connectivity index (χ3v) is 5.62. The molecule has 160 valence electrons. The molecule has 0 unspecified atom stereocenters. The Kier molecular flexibility index (Phi) is 6.83. The van der Waals surface area contributed by atoms with Gasteiger partial charge in [-0.2, -0.15) is 0 Å². The number of ether oxygens (including phenoxy) is 1. The summed E-state index contributed by atoms with van der Waals surface area (Å²) < 4.78 is 6.24. The van der Waals surface area contributed by atoms with Gasteiger partial charge in [0.25, 0.3) is 17.7 Å². The molecule has 3 rings (SSSR count). The summed E-state index contributed by atoms with van der Waals surface area (Å²) in [5.74, 6) is -1.94. The van der Waals surface area contributed by atoms with Crippen molar-refractivity contribution in [1.29, 1.82) is 0 Å². The number of aryl methyl sites for hydroxylation is 1. The lowest BCUT2D eigenvalue weighted by molar-refractivity contribution is -0.123. The van der Waals surface area contributed by atoms with E-state index in [9.17, 15) is 19.2 Å². The zero-order chi connectivity index (χ0) is 22.9. The van der Waals surface area contributed by atoms with Crippen LogP contribution in [0.15, 0.2) is 44.9 Å². The van der Waals surface area contributed by atoms with Crippen molar-refractivity contribution >= 4 is 79.0 Å². The molecular weight excluding hydrogens is 557 g/mol. The van der Waals surface area contributed by atoms with Gasteiger partial charge in [0.2, 0.25) is 0 Å². The second kappa shape index (κ2) is 9.21. The highest BCUT2D eigenvalue weighted by atomic mass is 79.9. The van der Waals surface area contributed by atoms with E-state index >= 15 is 0 Å². The summed E-state index contributed by atoms with van der Waals surface area (Å²) in [4.78, 5) is 49.7. The Balaban J connectivity index is 2.00. The molecule has 1 heterocycles. The van der Waals surface area contributed by atoms with Gasteiger partial charge >= 0.3 is 6.03 Å². The number of carbonyl (C=O) groups excluding carboxylic acids is 4. The summed E-state index contributed by atoms with van der Waals surface area (Å²) in [6.45, 7) is 1.39. The number of urea groups is 1. The smallest absolute Gasteiger partial charge is 0.335 e. The number of imide groups is 2. The number of hydrogen-bond acceptors (Lipinski definition) is 5. The fourth-order valence-electron chi connectivity index (χ4n) is 2.81. The molecule has 11 heteroatoms. The summed E-state index contributed by atoms with van der Waals surface area (Å²) in [6, 6.07) is 7.07. The van der Waals surface area contributed by atoms with Crippen molar-refractivity contribution in [2.24, 2.45) is 5.73 Å². The molecule has 8 nitrogen and oxygen atoms in total. The summed E-state index contributed by atoms with van der Waals surface area (Å²) in [6.07, 6.45) is 1.34. The third-order valence-electron chi connectivity index (χ3n) is 4.20. The molecule has 1 fully saturated rings. The first-order chi connectivity index (χ1) is 14.6. The zero-order valence-corrected chi connectivity index (χ0v) is 19.8. The minimum absolute atomic E-state index is 0.247. The summed E-state index contributed by atoms with van der Waals surface area (Å²) in [5.41, 5.74) is 6.20. The average Bonchev–Trinajstić information content (AvgIpc) is 2.67. The summed E-state index contributed by atoms with van der Waals surface area (Å²) >= 11 is 12.7. The second-order valence-electron chi connectivity index (χ2n) is 6.46. The Morgan fingerprint density at radius 1 is 1.19 bits per heavy atom. The molecule has 3 N–H and O–H groups in total. The molecule has 2 aromatic rings. The van der Waals surface area contributed by atoms with E-state index in [0.29, 0.717) is 30.8 Å². The van der Waals surface area contributed by atoms with Crippen LogP contribution in [0.4, 0.5) is 10.5 Å². The van der Waals surface area contributed by atoms with Crippen molar-refractivity contribution in [3.63, 3.8) is 0 Å². The van der Waals surface area contributed by atoms with Gasteiger partial charge in [0.1, 0.15) is 11.3 Å². The topological polar surface area (TPSA) is 119 Å². The number of hydrogen-bond donors (Lipinski definition) is 2. The maximum atomic E-state index is 13.1. The lowest BCUT2D eigenvalue weighted by Gasteiger charge is -2.27. The fraction of sp³-hybridized carbons (Fsp3) is 0.100. The summed E-state index contributed by atoms with van der Waals surface area (Å²) in [5, 5.41) is 2.50. The molecule has 5 amide bonds. The Labute approximate surface area is 198 Å². The number of nitrogens with one attached hydrogen (secondary N) is 1. The van der Waals surface area contributed by atoms with Crippen LogP contribution in [0.2, 0.25) is 5.02 Å². The molecule has 0 aromatic heterocycles. The number of anilines is 1. The molecule has 0 aliphatic carbocycles. The molecule has 0 atom stereocenters. The standard InChI is InChI=1S/C20H14Br2ClN3O5/c1-9-2-3-11(23)7-15(9)26-19(29)12(18(28)25-20(26)30)4-10-5-13(21)17(14(22)6-10)31-8-16(24)27/h2-7H,8H2,1H3,(H2,24,27)(H,25,28,30)/b12-4+. The second-order valence-corrected chi connectivity index (χ2v) is 8.60. The first-order valence-electron chi connectivity index (χ1n) is 8.66. The van der Waals surface area contributed by atoms with Crippen molar-refractivity contribution in [3.05, 3.63) is 61.0 Å². The third kappa shape index (κ3) is 4.97. The van der Waals surface area contributed by atoms with Crippen LogP contribution < -0.4 is 20.7 Å². The lowest BCUT2D eigenvalue weighted by Crippen LogP contribution is -2.54. The van der Waals surface area contributed by atoms with Gasteiger partial charge in [-0.1, -0.05) is 17.7 Å². The highest BCUT2D eigenvalue weighted by Gasteiger charge is 2.37. The van der Waals surface area contributed by atoms with Crippen LogP contribution in [0.1, 0.15) is 11.1 Å². The van der Waals surface area contributed by atoms with Gasteiger partial charge in [-0.05, 0) is 80.3 Å². The predicted octanol–water partition coefficient (Wildman–Crippen LogP) is 3.70. The van der Waals surface area contributed by atoms with E-state index < -0.39 is 23.8 Å². The number of nitrogens with zero attached hydrogens (tertiary/aromatic N) is 1. The van der Waals surface area contributed by atoms with E-state index in [4.69, 9.17) is 22.1 Å². The largest absolute Gasteiger partial charge is 0.481 e. The molecule has 31 heavy (non-hydrogen) atoms. The van der Waals surface area contributed by atoms with Crippen LogP contribution in [-0.4, -0.2) is 30.4 Å². The van der Waals surface area contributed by atoms with Crippen LogP contribution in [0.3, 0.4) is 0 Å². The minimum atomic E-state index is -0.866. The number of benzene rings is 2. The van der Waals surface area contributed by atoms with E-state index in [1.54, 1.807) is 31.2 Å². The Morgan fingerprint density at radius 3 is 2.45 bits per heavy atom. The van der Waals surface area contributed by atoms with E-state index in [1.165, 1.54) is 12.1 Å². The van der Waals surface area contributed by atoms with E-state index in [1.807, 2.05) is 0 Å². The molecule has 0 spiro atoms. The Morgan fingerprint density at radius 2 is 1.84 bits per heavy atom. The molecule has 1 aliphatic rings. The van der Waals surface area contributed by atoms with E-state index in [0.717, 1.165) is 4.90 Å². The van der Waals surface area contributed by atoms with Gasteiger partial charge in [0.15, 0.2) is 6.61 Å². The molecule has 2 aromatic carbocycles. The number of primary amides is 1. The Hall–Kier alpha value is -2.69. The molecule has 0 saturated carbocycles. The molecule has 0 bridgehead atoms. The first-order valence-corrected chi connectivity index (χ1v) is 10.6. The van der Waals surface area contributed by atoms with Crippen molar-refractivity contribution in [3.8, 4) is 5.75 Å². The number of nitrogens with two attached hydrogens (primary N) is 1. The summed E-state index contributed by atoms with van der Waals surface area (Å²) in [7, 11) is 0. The van der Waals surface area contributed by atoms with Gasteiger partial charge in [-0.25, -0.2) is 9.69 Å². The van der Waals surface area contributed by atoms with Crippen molar-refractivity contribution in [2.45, 2.75) is 6.92 Å². The predicted molar refractivity (Wildman–Crippen MR) is 122 cm³/mol. The average molecular weight is 572 g/mol. The normalized spacial score (nSPS) is 15.3. The van der Waals surface area contributed by atoms with Crippen LogP contribution >= 0.6 is 43.5 Å². The highest BCUT2D eigenvalue weighted by Crippen LogP contribution is 2.36. The SMILES string of the molecule is Cc1ccc(Cl)cc1N1C(=O)NC(=O)/C(=C\c2cc(Br)c(OCC(N)=O)c(Br)c2)C1=O. The van der Waals surface area contributed by atoms with Crippen LogP contribution in [0.5, 0.6) is 5.75 Å².